The summed E-state index contributed by atoms with van der Waals surface area (Å²) in [6.45, 7) is 3.31. The number of rotatable bonds is 12. The van der Waals surface area contributed by atoms with E-state index in [0.29, 0.717) is 31.4 Å². The molecule has 11 heteroatoms. The van der Waals surface area contributed by atoms with E-state index in [4.69, 9.17) is 0 Å². The molecule has 0 unspecified atom stereocenters. The van der Waals surface area contributed by atoms with Gasteiger partial charge in [0.15, 0.2) is 0 Å². The molecule has 0 bridgehead atoms. The highest BCUT2D eigenvalue weighted by Gasteiger charge is 2.44. The summed E-state index contributed by atoms with van der Waals surface area (Å²) in [5.41, 5.74) is -0.977. The van der Waals surface area contributed by atoms with E-state index in [9.17, 15) is 27.6 Å². The monoisotopic (exact) mass is 548 g/mol. The molecular formula is C27H40N4O6S. The first-order valence-electron chi connectivity index (χ1n) is 13.6. The lowest BCUT2D eigenvalue weighted by molar-refractivity contribution is -0.141. The number of anilines is 1. The van der Waals surface area contributed by atoms with E-state index in [-0.39, 0.29) is 29.7 Å². The van der Waals surface area contributed by atoms with E-state index in [1.165, 1.54) is 31.2 Å². The maximum absolute atomic E-state index is 13.7. The summed E-state index contributed by atoms with van der Waals surface area (Å²) in [5.74, 6) is -2.25. The van der Waals surface area contributed by atoms with E-state index in [1.807, 2.05) is 6.92 Å². The molecule has 0 heterocycles. The number of carbonyl (C=O) groups excluding carboxylic acids is 4. The maximum atomic E-state index is 13.7. The van der Waals surface area contributed by atoms with Gasteiger partial charge in [0.25, 0.3) is 5.91 Å². The zero-order chi connectivity index (χ0) is 27.8. The van der Waals surface area contributed by atoms with Crippen molar-refractivity contribution in [2.24, 2.45) is 0 Å². The molecule has 38 heavy (non-hydrogen) atoms. The lowest BCUT2D eigenvalue weighted by Gasteiger charge is -2.37. The number of benzene rings is 1. The average molecular weight is 549 g/mol. The van der Waals surface area contributed by atoms with E-state index in [0.717, 1.165) is 38.5 Å². The van der Waals surface area contributed by atoms with Crippen molar-refractivity contribution in [1.29, 1.82) is 0 Å². The molecule has 1 aromatic rings. The highest BCUT2D eigenvalue weighted by molar-refractivity contribution is 7.89. The number of nitrogens with one attached hydrogen (secondary N) is 4. The van der Waals surface area contributed by atoms with Gasteiger partial charge in [0.1, 0.15) is 5.54 Å². The zero-order valence-corrected chi connectivity index (χ0v) is 23.1. The van der Waals surface area contributed by atoms with E-state index < -0.39 is 39.2 Å². The molecule has 0 spiro atoms. The van der Waals surface area contributed by atoms with Gasteiger partial charge in [-0.15, -0.1) is 0 Å². The van der Waals surface area contributed by atoms with Crippen molar-refractivity contribution in [2.45, 2.75) is 113 Å². The van der Waals surface area contributed by atoms with E-state index in [1.54, 1.807) is 0 Å². The van der Waals surface area contributed by atoms with Crippen LogP contribution in [-0.4, -0.2) is 49.5 Å². The second kappa shape index (κ2) is 13.3. The van der Waals surface area contributed by atoms with Gasteiger partial charge in [0, 0.05) is 18.7 Å². The Morgan fingerprint density at radius 2 is 1.61 bits per heavy atom. The lowest BCUT2D eigenvalue weighted by Crippen LogP contribution is -2.62. The SMILES string of the molecule is CCCC[C@H](NC(=O)C1(NS(=O)(=O)c2ccc(NC(C)=O)cc2)CCCCC1)C(=O)C(=O)NC1CCCC1. The Bertz CT molecular complexity index is 1110. The van der Waals surface area contributed by atoms with Crippen molar-refractivity contribution in [3.8, 4) is 0 Å². The van der Waals surface area contributed by atoms with Crippen LogP contribution >= 0.6 is 0 Å². The molecule has 0 saturated heterocycles. The second-order valence-corrected chi connectivity index (χ2v) is 12.1. The quantitative estimate of drug-likeness (QED) is 0.295. The Balaban J connectivity index is 1.78. The summed E-state index contributed by atoms with van der Waals surface area (Å²) in [6, 6.07) is 4.64. The Hall–Kier alpha value is -2.79. The number of sulfonamides is 1. The molecule has 0 aliphatic heterocycles. The summed E-state index contributed by atoms with van der Waals surface area (Å²) in [4.78, 5) is 50.7. The number of hydrogen-bond donors (Lipinski definition) is 4. The number of hydrogen-bond acceptors (Lipinski definition) is 6. The van der Waals surface area contributed by atoms with Gasteiger partial charge in [-0.25, -0.2) is 8.42 Å². The second-order valence-electron chi connectivity index (χ2n) is 10.4. The minimum absolute atomic E-state index is 0.0255. The first-order chi connectivity index (χ1) is 18.1. The number of ketones is 1. The Labute approximate surface area is 225 Å². The number of unbranched alkanes of at least 4 members (excludes halogenated alkanes) is 1. The number of Topliss-reactive ketones (excluding diaryl/α,β-unsaturated/α-hetero) is 1. The molecule has 210 valence electrons. The Morgan fingerprint density at radius 3 is 2.18 bits per heavy atom. The molecule has 4 N–H and O–H groups in total. The van der Waals surface area contributed by atoms with Crippen molar-refractivity contribution >= 4 is 39.2 Å². The van der Waals surface area contributed by atoms with Crippen LogP contribution < -0.4 is 20.7 Å². The molecule has 1 aromatic carbocycles. The van der Waals surface area contributed by atoms with Gasteiger partial charge in [-0.05, 0) is 56.4 Å². The van der Waals surface area contributed by atoms with Gasteiger partial charge < -0.3 is 16.0 Å². The molecule has 3 amide bonds. The molecule has 2 fully saturated rings. The third-order valence-corrected chi connectivity index (χ3v) is 8.89. The summed E-state index contributed by atoms with van der Waals surface area (Å²) in [7, 11) is -4.10. The van der Waals surface area contributed by atoms with Crippen LogP contribution in [0.1, 0.15) is 90.9 Å². The van der Waals surface area contributed by atoms with E-state index >= 15 is 0 Å². The fourth-order valence-electron chi connectivity index (χ4n) is 5.23. The summed E-state index contributed by atoms with van der Waals surface area (Å²) < 4.78 is 29.3. The van der Waals surface area contributed by atoms with Crippen molar-refractivity contribution in [3.63, 3.8) is 0 Å². The minimum Gasteiger partial charge on any atom is -0.347 e. The van der Waals surface area contributed by atoms with Gasteiger partial charge in [-0.2, -0.15) is 4.72 Å². The van der Waals surface area contributed by atoms with Gasteiger partial charge in [0.05, 0.1) is 10.9 Å². The third kappa shape index (κ3) is 7.86. The van der Waals surface area contributed by atoms with Gasteiger partial charge in [-0.3, -0.25) is 19.2 Å². The molecule has 0 aromatic heterocycles. The maximum Gasteiger partial charge on any atom is 0.289 e. The lowest BCUT2D eigenvalue weighted by atomic mass is 9.81. The largest absolute Gasteiger partial charge is 0.347 e. The number of carbonyl (C=O) groups is 4. The van der Waals surface area contributed by atoms with Crippen LogP contribution in [0.25, 0.3) is 0 Å². The fraction of sp³-hybridized carbons (Fsp3) is 0.630. The zero-order valence-electron chi connectivity index (χ0n) is 22.3. The fourth-order valence-corrected chi connectivity index (χ4v) is 6.65. The highest BCUT2D eigenvalue weighted by atomic mass is 32.2. The van der Waals surface area contributed by atoms with Crippen molar-refractivity contribution in [2.75, 3.05) is 5.32 Å². The molecule has 0 radical (unpaired) electrons. The first-order valence-corrected chi connectivity index (χ1v) is 15.1. The molecule has 1 atom stereocenters. The van der Waals surface area contributed by atoms with Gasteiger partial charge in [-0.1, -0.05) is 51.9 Å². The smallest absolute Gasteiger partial charge is 0.289 e. The van der Waals surface area contributed by atoms with Crippen molar-refractivity contribution in [1.82, 2.24) is 15.4 Å². The van der Waals surface area contributed by atoms with Crippen molar-refractivity contribution < 1.29 is 27.6 Å². The van der Waals surface area contributed by atoms with Crippen LogP contribution in [0.5, 0.6) is 0 Å². The molecular weight excluding hydrogens is 508 g/mol. The predicted molar refractivity (Wildman–Crippen MR) is 144 cm³/mol. The standard InChI is InChI=1S/C27H40N4O6S/c1-3-4-12-23(24(33)25(34)29-20-10-6-7-11-20)30-26(35)27(17-8-5-9-18-27)31-38(36,37)22-15-13-21(14-16-22)28-19(2)32/h13-16,20,23,31H,3-12,17-18H2,1-2H3,(H,28,32)(H,29,34)(H,30,35)/t23-/m0/s1. The van der Waals surface area contributed by atoms with Crippen LogP contribution in [0.15, 0.2) is 29.2 Å². The van der Waals surface area contributed by atoms with Crippen molar-refractivity contribution in [3.05, 3.63) is 24.3 Å². The molecule has 10 nitrogen and oxygen atoms in total. The Kier molecular flexibility index (Phi) is 10.4. The molecule has 2 aliphatic rings. The predicted octanol–water partition coefficient (Wildman–Crippen LogP) is 2.93. The van der Waals surface area contributed by atoms with Crippen LogP contribution in [0, 0.1) is 0 Å². The van der Waals surface area contributed by atoms with Crippen LogP contribution in [-0.2, 0) is 29.2 Å². The van der Waals surface area contributed by atoms with Gasteiger partial charge >= 0.3 is 0 Å². The summed E-state index contributed by atoms with van der Waals surface area (Å²) in [6.07, 6.45) is 8.11. The van der Waals surface area contributed by atoms with E-state index in [2.05, 4.69) is 20.7 Å². The molecule has 3 rings (SSSR count). The average Bonchev–Trinajstić information content (AvgIpc) is 3.39. The first kappa shape index (κ1) is 29.8. The minimum atomic E-state index is -4.10. The van der Waals surface area contributed by atoms with Gasteiger partial charge in [0.2, 0.25) is 27.6 Å². The molecule has 2 aliphatic carbocycles. The summed E-state index contributed by atoms with van der Waals surface area (Å²) in [5, 5.41) is 8.13. The molecule has 2 saturated carbocycles. The normalized spacial score (nSPS) is 18.4. The summed E-state index contributed by atoms with van der Waals surface area (Å²) >= 11 is 0. The van der Waals surface area contributed by atoms with Crippen LogP contribution in [0.3, 0.4) is 0 Å². The third-order valence-electron chi connectivity index (χ3n) is 7.34. The van der Waals surface area contributed by atoms with Crippen LogP contribution in [0.2, 0.25) is 0 Å². The number of amides is 3. The highest BCUT2D eigenvalue weighted by Crippen LogP contribution is 2.31. The topological polar surface area (TPSA) is 151 Å². The van der Waals surface area contributed by atoms with Crippen LogP contribution in [0.4, 0.5) is 5.69 Å². The Morgan fingerprint density at radius 1 is 0.974 bits per heavy atom.